The number of esters is 1. The number of carbonyl (C=O) groups is 2. The number of aromatic amines is 2. The maximum absolute atomic E-state index is 12.6. The first-order valence-corrected chi connectivity index (χ1v) is 7.88. The molecule has 0 aliphatic carbocycles. The first-order chi connectivity index (χ1) is 12.0. The van der Waals surface area contributed by atoms with Crippen LogP contribution in [0.15, 0.2) is 12.3 Å². The van der Waals surface area contributed by atoms with Crippen molar-refractivity contribution >= 4 is 28.6 Å². The highest BCUT2D eigenvalue weighted by molar-refractivity contribution is 6.07. The lowest BCUT2D eigenvalue weighted by molar-refractivity contribution is 0.0599. The fourth-order valence-corrected chi connectivity index (χ4v) is 2.81. The van der Waals surface area contributed by atoms with E-state index >= 15 is 0 Å². The molecular weight excluding hydrogens is 322 g/mol. The number of aryl methyl sites for hydroxylation is 2. The average Bonchev–Trinajstić information content (AvgIpc) is 3.14. The van der Waals surface area contributed by atoms with Crippen molar-refractivity contribution in [3.63, 3.8) is 0 Å². The Morgan fingerprint density at radius 2 is 2.08 bits per heavy atom. The Labute approximate surface area is 144 Å². The molecule has 0 saturated heterocycles. The highest BCUT2D eigenvalue weighted by Crippen LogP contribution is 2.22. The summed E-state index contributed by atoms with van der Waals surface area (Å²) in [5.74, 6) is -0.800. The number of anilines is 1. The summed E-state index contributed by atoms with van der Waals surface area (Å²) in [6, 6.07) is 1.80. The molecule has 0 unspecified atom stereocenters. The van der Waals surface area contributed by atoms with E-state index in [1.165, 1.54) is 7.11 Å². The van der Waals surface area contributed by atoms with Crippen LogP contribution in [0.5, 0.6) is 0 Å². The molecule has 25 heavy (non-hydrogen) atoms. The van der Waals surface area contributed by atoms with Gasteiger partial charge in [0.2, 0.25) is 0 Å². The SMILES string of the molecule is CCc1[nH]c(C(=O)Nc2cnc3n[nH]c(C)c3c2)c(C)c1C(=O)OC. The Morgan fingerprint density at radius 3 is 2.76 bits per heavy atom. The number of methoxy groups -OCH3 is 1. The third-order valence-electron chi connectivity index (χ3n) is 4.16. The number of nitrogens with one attached hydrogen (secondary N) is 3. The number of hydrogen-bond acceptors (Lipinski definition) is 5. The van der Waals surface area contributed by atoms with Crippen LogP contribution in [0.4, 0.5) is 5.69 Å². The molecule has 3 aromatic rings. The van der Waals surface area contributed by atoms with E-state index < -0.39 is 5.97 Å². The van der Waals surface area contributed by atoms with Crippen LogP contribution < -0.4 is 5.32 Å². The zero-order valence-corrected chi connectivity index (χ0v) is 14.5. The van der Waals surface area contributed by atoms with Gasteiger partial charge in [-0.05, 0) is 31.9 Å². The van der Waals surface area contributed by atoms with Crippen molar-refractivity contribution in [3.05, 3.63) is 40.5 Å². The van der Waals surface area contributed by atoms with E-state index in [4.69, 9.17) is 4.74 Å². The van der Waals surface area contributed by atoms with E-state index in [0.717, 1.165) is 11.1 Å². The molecule has 3 aromatic heterocycles. The van der Waals surface area contributed by atoms with Crippen molar-refractivity contribution in [2.45, 2.75) is 27.2 Å². The minimum Gasteiger partial charge on any atom is -0.465 e. The summed E-state index contributed by atoms with van der Waals surface area (Å²) >= 11 is 0. The van der Waals surface area contributed by atoms with Crippen LogP contribution in [0.25, 0.3) is 11.0 Å². The minimum absolute atomic E-state index is 0.335. The minimum atomic E-state index is -0.457. The predicted octanol–water partition coefficient (Wildman–Crippen LogP) is 2.50. The first-order valence-electron chi connectivity index (χ1n) is 7.88. The van der Waals surface area contributed by atoms with E-state index in [0.29, 0.717) is 40.3 Å². The lowest BCUT2D eigenvalue weighted by Gasteiger charge is -2.05. The molecule has 8 nitrogen and oxygen atoms in total. The van der Waals surface area contributed by atoms with Gasteiger partial charge in [-0.1, -0.05) is 6.92 Å². The van der Waals surface area contributed by atoms with Crippen molar-refractivity contribution in [2.24, 2.45) is 0 Å². The average molecular weight is 341 g/mol. The van der Waals surface area contributed by atoms with Gasteiger partial charge < -0.3 is 15.0 Å². The Kier molecular flexibility index (Phi) is 4.26. The standard InChI is InChI=1S/C17H19N5O3/c1-5-12-13(17(24)25-4)8(2)14(20-12)16(23)19-10-6-11-9(3)21-22-15(11)18-7-10/h6-7,20H,5H2,1-4H3,(H,19,23)(H,18,21,22). The molecule has 3 N–H and O–H groups in total. The van der Waals surface area contributed by atoms with Crippen molar-refractivity contribution in [2.75, 3.05) is 12.4 Å². The summed E-state index contributed by atoms with van der Waals surface area (Å²) in [5, 5.41) is 10.6. The summed E-state index contributed by atoms with van der Waals surface area (Å²) in [5.41, 5.74) is 4.00. The summed E-state index contributed by atoms with van der Waals surface area (Å²) < 4.78 is 4.81. The third kappa shape index (κ3) is 2.86. The molecule has 8 heteroatoms. The fraction of sp³-hybridized carbons (Fsp3) is 0.294. The van der Waals surface area contributed by atoms with Crippen LogP contribution in [-0.4, -0.2) is 39.2 Å². The van der Waals surface area contributed by atoms with E-state index in [1.807, 2.05) is 13.8 Å². The Bertz CT molecular complexity index is 970. The molecule has 0 fully saturated rings. The Hall–Kier alpha value is -3.16. The van der Waals surface area contributed by atoms with Crippen LogP contribution in [-0.2, 0) is 11.2 Å². The molecule has 0 atom stereocenters. The van der Waals surface area contributed by atoms with Crippen LogP contribution >= 0.6 is 0 Å². The lowest BCUT2D eigenvalue weighted by atomic mass is 10.1. The number of rotatable bonds is 4. The number of carbonyl (C=O) groups excluding carboxylic acids is 2. The van der Waals surface area contributed by atoms with Gasteiger partial charge in [0.1, 0.15) is 5.69 Å². The topological polar surface area (TPSA) is 113 Å². The van der Waals surface area contributed by atoms with Crippen LogP contribution in [0.3, 0.4) is 0 Å². The second-order valence-corrected chi connectivity index (χ2v) is 5.72. The van der Waals surface area contributed by atoms with E-state index in [1.54, 1.807) is 19.2 Å². The van der Waals surface area contributed by atoms with Gasteiger partial charge in [-0.3, -0.25) is 9.89 Å². The maximum Gasteiger partial charge on any atom is 0.339 e. The maximum atomic E-state index is 12.6. The van der Waals surface area contributed by atoms with Crippen LogP contribution in [0.2, 0.25) is 0 Å². The number of nitrogens with zero attached hydrogens (tertiary/aromatic N) is 2. The quantitative estimate of drug-likeness (QED) is 0.631. The molecule has 0 radical (unpaired) electrons. The number of pyridine rings is 1. The van der Waals surface area contributed by atoms with Gasteiger partial charge >= 0.3 is 5.97 Å². The second-order valence-electron chi connectivity index (χ2n) is 5.72. The normalized spacial score (nSPS) is 10.9. The summed E-state index contributed by atoms with van der Waals surface area (Å²) in [6.45, 7) is 5.51. The van der Waals surface area contributed by atoms with Crippen molar-refractivity contribution in [1.29, 1.82) is 0 Å². The third-order valence-corrected chi connectivity index (χ3v) is 4.16. The number of aromatic nitrogens is 4. The van der Waals surface area contributed by atoms with E-state index in [-0.39, 0.29) is 5.91 Å². The van der Waals surface area contributed by atoms with Gasteiger partial charge in [0, 0.05) is 16.8 Å². The number of fused-ring (bicyclic) bond motifs is 1. The van der Waals surface area contributed by atoms with Crippen molar-refractivity contribution < 1.29 is 14.3 Å². The smallest absolute Gasteiger partial charge is 0.339 e. The van der Waals surface area contributed by atoms with Gasteiger partial charge in [-0.15, -0.1) is 0 Å². The van der Waals surface area contributed by atoms with Gasteiger partial charge in [-0.2, -0.15) is 5.10 Å². The molecule has 3 heterocycles. The molecule has 0 aliphatic rings. The summed E-state index contributed by atoms with van der Waals surface area (Å²) in [4.78, 5) is 31.8. The molecule has 130 valence electrons. The summed E-state index contributed by atoms with van der Waals surface area (Å²) in [7, 11) is 1.32. The molecule has 0 saturated carbocycles. The predicted molar refractivity (Wildman–Crippen MR) is 92.8 cm³/mol. The fourth-order valence-electron chi connectivity index (χ4n) is 2.81. The lowest BCUT2D eigenvalue weighted by Crippen LogP contribution is -2.14. The largest absolute Gasteiger partial charge is 0.465 e. The van der Waals surface area contributed by atoms with Gasteiger partial charge in [0.15, 0.2) is 5.65 Å². The first kappa shape index (κ1) is 16.7. The molecular formula is C17H19N5O3. The molecule has 0 bridgehead atoms. The highest BCUT2D eigenvalue weighted by atomic mass is 16.5. The Balaban J connectivity index is 1.93. The van der Waals surface area contributed by atoms with Gasteiger partial charge in [0.05, 0.1) is 24.6 Å². The molecule has 1 amide bonds. The van der Waals surface area contributed by atoms with Crippen molar-refractivity contribution in [3.8, 4) is 0 Å². The number of amides is 1. The van der Waals surface area contributed by atoms with Crippen molar-refractivity contribution in [1.82, 2.24) is 20.2 Å². The molecule has 0 spiro atoms. The van der Waals surface area contributed by atoms with Crippen LogP contribution in [0, 0.1) is 13.8 Å². The zero-order valence-electron chi connectivity index (χ0n) is 14.5. The van der Waals surface area contributed by atoms with E-state index in [2.05, 4.69) is 25.5 Å². The molecule has 3 rings (SSSR count). The second kappa shape index (κ2) is 6.39. The van der Waals surface area contributed by atoms with Gasteiger partial charge in [-0.25, -0.2) is 9.78 Å². The molecule has 0 aliphatic heterocycles. The van der Waals surface area contributed by atoms with Gasteiger partial charge in [0.25, 0.3) is 5.91 Å². The number of H-pyrrole nitrogens is 2. The monoisotopic (exact) mass is 341 g/mol. The van der Waals surface area contributed by atoms with Crippen LogP contribution in [0.1, 0.15) is 44.7 Å². The Morgan fingerprint density at radius 1 is 1.32 bits per heavy atom. The summed E-state index contributed by atoms with van der Waals surface area (Å²) in [6.07, 6.45) is 2.13. The number of hydrogen-bond donors (Lipinski definition) is 3. The highest BCUT2D eigenvalue weighted by Gasteiger charge is 2.23. The zero-order chi connectivity index (χ0) is 18.1. The molecule has 0 aromatic carbocycles. The van der Waals surface area contributed by atoms with E-state index in [9.17, 15) is 9.59 Å². The number of ether oxygens (including phenoxy) is 1.